The molecule has 24 heavy (non-hydrogen) atoms. The van der Waals surface area contributed by atoms with Crippen LogP contribution in [-0.2, 0) is 9.36 Å². The molecule has 0 saturated heterocycles. The third-order valence-corrected chi connectivity index (χ3v) is 6.74. The summed E-state index contributed by atoms with van der Waals surface area (Å²) in [6.45, 7) is 0. The zero-order valence-corrected chi connectivity index (χ0v) is 15.3. The van der Waals surface area contributed by atoms with Crippen molar-refractivity contribution in [1.82, 2.24) is 0 Å². The van der Waals surface area contributed by atoms with Gasteiger partial charge in [-0.1, -0.05) is 57.4 Å². The molecular weight excluding hydrogens is 325 g/mol. The maximum Gasteiger partial charge on any atom is 0.515 e. The average molecular weight is 356 g/mol. The highest BCUT2D eigenvalue weighted by Gasteiger charge is 2.43. The lowest BCUT2D eigenvalue weighted by atomic mass is 9.82. The number of allylic oxidation sites excluding steroid dienone is 1. The number of hydrogen-bond donors (Lipinski definition) is 3. The van der Waals surface area contributed by atoms with Crippen molar-refractivity contribution >= 4 is 14.0 Å². The van der Waals surface area contributed by atoms with E-state index in [1.54, 1.807) is 6.08 Å². The van der Waals surface area contributed by atoms with Gasteiger partial charge in [-0.3, -0.25) is 0 Å². The largest absolute Gasteiger partial charge is 0.515 e. The Labute approximate surface area is 145 Å². The van der Waals surface area contributed by atoms with Gasteiger partial charge in [-0.25, -0.2) is 4.79 Å². The van der Waals surface area contributed by atoms with Gasteiger partial charge in [0.1, 0.15) is 0 Å². The summed E-state index contributed by atoms with van der Waals surface area (Å²) < 4.78 is 11.9. The zero-order chi connectivity index (χ0) is 17.5. The molecule has 2 rings (SSSR count). The molecule has 2 unspecified atom stereocenters. The standard InChI is InChI=1S/C18H30NO4P/c19-16(12-14-9-5-2-6-10-14)17(24(22)23)15(18(20)21)11-13-7-3-1-4-8-13/h11,13-14,16-17H,1-10,12,19H2,(H-,20,21,22,23)/p+1/b15-11+/t16-,17?/m1/s1. The summed E-state index contributed by atoms with van der Waals surface area (Å²) in [5.74, 6) is -0.442. The SMILES string of the molecule is N[C@H](CC1CCCCC1)C(/C(=C\C1CCCCC1)C(=O)O)[P+](=O)O. The first-order valence-corrected chi connectivity index (χ1v) is 10.6. The van der Waals surface area contributed by atoms with Gasteiger partial charge >= 0.3 is 14.0 Å². The van der Waals surface area contributed by atoms with E-state index in [4.69, 9.17) is 5.73 Å². The van der Waals surface area contributed by atoms with Gasteiger partial charge in [0.15, 0.2) is 0 Å². The molecule has 6 heteroatoms. The van der Waals surface area contributed by atoms with Crippen LogP contribution in [0.1, 0.15) is 70.6 Å². The molecule has 2 aliphatic rings. The molecule has 2 saturated carbocycles. The molecule has 136 valence electrons. The van der Waals surface area contributed by atoms with Gasteiger partial charge in [-0.2, -0.15) is 4.89 Å². The molecule has 0 aromatic heterocycles. The van der Waals surface area contributed by atoms with Crippen molar-refractivity contribution in [2.45, 2.75) is 82.3 Å². The molecule has 4 N–H and O–H groups in total. The molecule has 0 aromatic carbocycles. The Morgan fingerprint density at radius 2 is 1.62 bits per heavy atom. The fourth-order valence-electron chi connectivity index (χ4n) is 4.30. The second-order valence-electron chi connectivity index (χ2n) is 7.48. The van der Waals surface area contributed by atoms with E-state index in [0.29, 0.717) is 12.3 Å². The Kier molecular flexibility index (Phi) is 7.86. The first-order valence-electron chi connectivity index (χ1n) is 9.35. The summed E-state index contributed by atoms with van der Waals surface area (Å²) in [7, 11) is -2.65. The average Bonchev–Trinajstić information content (AvgIpc) is 2.55. The van der Waals surface area contributed by atoms with Gasteiger partial charge in [-0.15, -0.1) is 0 Å². The summed E-state index contributed by atoms with van der Waals surface area (Å²) in [4.78, 5) is 21.5. The lowest BCUT2D eigenvalue weighted by molar-refractivity contribution is -0.132. The number of rotatable bonds is 7. The Morgan fingerprint density at radius 3 is 2.12 bits per heavy atom. The Morgan fingerprint density at radius 1 is 1.08 bits per heavy atom. The van der Waals surface area contributed by atoms with Gasteiger partial charge in [0.2, 0.25) is 5.66 Å². The minimum Gasteiger partial charge on any atom is -0.478 e. The topological polar surface area (TPSA) is 101 Å². The highest BCUT2D eigenvalue weighted by molar-refractivity contribution is 7.39. The van der Waals surface area contributed by atoms with Crippen molar-refractivity contribution in [2.75, 3.05) is 0 Å². The molecule has 2 fully saturated rings. The minimum atomic E-state index is -2.65. The van der Waals surface area contributed by atoms with Crippen molar-refractivity contribution in [3.63, 3.8) is 0 Å². The van der Waals surface area contributed by atoms with Crippen LogP contribution in [0.15, 0.2) is 11.6 Å². The maximum absolute atomic E-state index is 11.9. The summed E-state index contributed by atoms with van der Waals surface area (Å²) in [5.41, 5.74) is 5.35. The van der Waals surface area contributed by atoms with Gasteiger partial charge in [0.25, 0.3) is 0 Å². The van der Waals surface area contributed by atoms with Gasteiger partial charge in [0, 0.05) is 0 Å². The zero-order valence-electron chi connectivity index (χ0n) is 14.4. The van der Waals surface area contributed by atoms with Crippen LogP contribution in [0.25, 0.3) is 0 Å². The first-order chi connectivity index (χ1) is 11.5. The fourth-order valence-corrected chi connectivity index (χ4v) is 5.18. The molecular formula is C18H31NO4P+. The summed E-state index contributed by atoms with van der Waals surface area (Å²) in [6, 6.07) is -0.562. The molecule has 0 amide bonds. The van der Waals surface area contributed by atoms with E-state index >= 15 is 0 Å². The molecule has 5 nitrogen and oxygen atoms in total. The minimum absolute atomic E-state index is 0.0637. The van der Waals surface area contributed by atoms with Gasteiger partial charge in [0.05, 0.1) is 11.6 Å². The summed E-state index contributed by atoms with van der Waals surface area (Å²) in [6.07, 6.45) is 13.5. The molecule has 0 aliphatic heterocycles. The fraction of sp³-hybridized carbons (Fsp3) is 0.833. The van der Waals surface area contributed by atoms with Crippen molar-refractivity contribution in [1.29, 1.82) is 0 Å². The van der Waals surface area contributed by atoms with E-state index in [-0.39, 0.29) is 11.5 Å². The van der Waals surface area contributed by atoms with Crippen LogP contribution < -0.4 is 5.73 Å². The van der Waals surface area contributed by atoms with Crippen LogP contribution in [0.5, 0.6) is 0 Å². The van der Waals surface area contributed by atoms with Crippen LogP contribution in [0.3, 0.4) is 0 Å². The number of carboxylic acids is 1. The predicted molar refractivity (Wildman–Crippen MR) is 95.1 cm³/mol. The monoisotopic (exact) mass is 356 g/mol. The van der Waals surface area contributed by atoms with Crippen molar-refractivity contribution in [3.05, 3.63) is 11.6 Å². The van der Waals surface area contributed by atoms with E-state index in [0.717, 1.165) is 38.5 Å². The third kappa shape index (κ3) is 5.65. The number of carboxylic acid groups (broad SMARTS) is 1. The molecule has 0 aromatic rings. The number of carbonyl (C=O) groups is 1. The van der Waals surface area contributed by atoms with Crippen LogP contribution >= 0.6 is 8.03 Å². The van der Waals surface area contributed by atoms with E-state index in [2.05, 4.69) is 0 Å². The number of nitrogens with two attached hydrogens (primary N) is 1. The lowest BCUT2D eigenvalue weighted by Gasteiger charge is -2.26. The number of aliphatic carboxylic acids is 1. The van der Waals surface area contributed by atoms with Crippen molar-refractivity contribution in [2.24, 2.45) is 17.6 Å². The molecule has 0 spiro atoms. The first kappa shape index (κ1) is 19.6. The molecule has 0 heterocycles. The van der Waals surface area contributed by atoms with E-state index in [1.165, 1.54) is 25.7 Å². The van der Waals surface area contributed by atoms with Crippen molar-refractivity contribution in [3.8, 4) is 0 Å². The predicted octanol–water partition coefficient (Wildman–Crippen LogP) is 3.98. The van der Waals surface area contributed by atoms with E-state index in [9.17, 15) is 19.4 Å². The molecule has 3 atom stereocenters. The molecule has 2 aliphatic carbocycles. The lowest BCUT2D eigenvalue weighted by Crippen LogP contribution is -2.38. The van der Waals surface area contributed by atoms with Gasteiger partial charge in [-0.05, 0) is 35.7 Å². The van der Waals surface area contributed by atoms with Crippen molar-refractivity contribution < 1.29 is 19.4 Å². The van der Waals surface area contributed by atoms with E-state index < -0.39 is 25.7 Å². The second-order valence-corrected chi connectivity index (χ2v) is 8.64. The second kappa shape index (κ2) is 9.65. The van der Waals surface area contributed by atoms with Crippen LogP contribution in [-0.4, -0.2) is 27.7 Å². The van der Waals surface area contributed by atoms with Gasteiger partial charge < -0.3 is 10.8 Å². The van der Waals surface area contributed by atoms with E-state index in [1.807, 2.05) is 0 Å². The quantitative estimate of drug-likeness (QED) is 0.473. The molecule has 0 bridgehead atoms. The number of hydrogen-bond acceptors (Lipinski definition) is 3. The van der Waals surface area contributed by atoms with Crippen LogP contribution in [0.4, 0.5) is 0 Å². The smallest absolute Gasteiger partial charge is 0.478 e. The summed E-state index contributed by atoms with van der Waals surface area (Å²) in [5, 5.41) is 9.61. The highest BCUT2D eigenvalue weighted by Crippen LogP contribution is 2.37. The van der Waals surface area contributed by atoms with Crippen LogP contribution in [0.2, 0.25) is 0 Å². The normalized spacial score (nSPS) is 24.4. The highest BCUT2D eigenvalue weighted by atomic mass is 31.1. The Bertz CT molecular complexity index is 468. The Hall–Kier alpha value is -0.770. The summed E-state index contributed by atoms with van der Waals surface area (Å²) >= 11 is 0. The maximum atomic E-state index is 11.9. The van der Waals surface area contributed by atoms with Crippen LogP contribution in [0, 0.1) is 11.8 Å². The third-order valence-electron chi connectivity index (χ3n) is 5.60. The molecule has 0 radical (unpaired) electrons. The Balaban J connectivity index is 2.12.